The van der Waals surface area contributed by atoms with Gasteiger partial charge in [-0.05, 0) is 53.5 Å². The number of carbonyl (C=O) groups excluding carboxylic acids is 3. The summed E-state index contributed by atoms with van der Waals surface area (Å²) in [5.74, 6) is -2.97. The number of allylic oxidation sites excluding steroid dienone is 1. The van der Waals surface area contributed by atoms with Crippen molar-refractivity contribution in [3.05, 3.63) is 11.6 Å². The van der Waals surface area contributed by atoms with Gasteiger partial charge in [-0.15, -0.1) is 0 Å². The van der Waals surface area contributed by atoms with E-state index < -0.39 is 40.4 Å². The molecule has 2 fully saturated rings. The highest BCUT2D eigenvalue weighted by Crippen LogP contribution is 2.52. The van der Waals surface area contributed by atoms with Crippen LogP contribution in [-0.4, -0.2) is 41.1 Å². The van der Waals surface area contributed by atoms with Gasteiger partial charge in [0.1, 0.15) is 11.5 Å². The van der Waals surface area contributed by atoms with Crippen LogP contribution in [0.2, 0.25) is 0 Å². The molecule has 2 aliphatic rings. The third-order valence-corrected chi connectivity index (χ3v) is 4.32. The van der Waals surface area contributed by atoms with Crippen LogP contribution in [0.3, 0.4) is 0 Å². The molecule has 0 spiro atoms. The molecule has 3 atom stereocenters. The average Bonchev–Trinajstić information content (AvgIpc) is 2.72. The van der Waals surface area contributed by atoms with Crippen LogP contribution >= 0.6 is 0 Å². The summed E-state index contributed by atoms with van der Waals surface area (Å²) in [6, 6.07) is 0. The Bertz CT molecular complexity index is 599. The average molecular weight is 338 g/mol. The largest absolute Gasteiger partial charge is 0.465 e. The van der Waals surface area contributed by atoms with Crippen molar-refractivity contribution in [3.8, 4) is 0 Å². The van der Waals surface area contributed by atoms with Crippen molar-refractivity contribution in [2.75, 3.05) is 6.61 Å². The Labute approximate surface area is 142 Å². The first-order chi connectivity index (χ1) is 11.0. The number of carbonyl (C=O) groups is 3. The van der Waals surface area contributed by atoms with Gasteiger partial charge < -0.3 is 14.2 Å². The van der Waals surface area contributed by atoms with Gasteiger partial charge in [0.25, 0.3) is 0 Å². The van der Waals surface area contributed by atoms with Crippen molar-refractivity contribution >= 4 is 17.7 Å². The molecule has 2 heterocycles. The highest BCUT2D eigenvalue weighted by molar-refractivity contribution is 6.18. The van der Waals surface area contributed by atoms with Crippen LogP contribution in [0.5, 0.6) is 0 Å². The van der Waals surface area contributed by atoms with Crippen molar-refractivity contribution < 1.29 is 28.6 Å². The number of Topliss-reactive ketones (excluding diaryl/α,β-unsaturated/α-hetero) is 1. The van der Waals surface area contributed by atoms with Crippen LogP contribution in [-0.2, 0) is 28.6 Å². The summed E-state index contributed by atoms with van der Waals surface area (Å²) in [7, 11) is 0. The minimum atomic E-state index is -1.84. The van der Waals surface area contributed by atoms with E-state index >= 15 is 0 Å². The van der Waals surface area contributed by atoms with E-state index in [9.17, 15) is 14.4 Å². The fraction of sp³-hybridized carbons (Fsp3) is 0.722. The van der Waals surface area contributed by atoms with Gasteiger partial charge in [0, 0.05) is 6.42 Å². The second-order valence-electron chi connectivity index (χ2n) is 7.60. The number of ether oxygens (including phenoxy) is 3. The molecular weight excluding hydrogens is 312 g/mol. The number of hydrogen-bond acceptors (Lipinski definition) is 6. The van der Waals surface area contributed by atoms with Crippen LogP contribution in [0.25, 0.3) is 0 Å². The Morgan fingerprint density at radius 1 is 1.38 bits per heavy atom. The standard InChI is InChI=1S/C18H26O6/c1-7-11-9-17(6)10-12(14(20)22-8-2)13(19)18(11,24-17)15(21)23-16(3,4)5/h7,12H,8-10H2,1-6H3/b11-7+/t12-,17-,18+/m1/s1. The summed E-state index contributed by atoms with van der Waals surface area (Å²) in [6.07, 6.45) is 2.32. The predicted molar refractivity (Wildman–Crippen MR) is 86.2 cm³/mol. The lowest BCUT2D eigenvalue weighted by molar-refractivity contribution is -0.201. The minimum absolute atomic E-state index is 0.177. The molecule has 2 bridgehead atoms. The number of rotatable bonds is 3. The van der Waals surface area contributed by atoms with Gasteiger partial charge in [0.2, 0.25) is 5.60 Å². The van der Waals surface area contributed by atoms with Crippen molar-refractivity contribution in [3.63, 3.8) is 0 Å². The number of esters is 2. The maximum atomic E-state index is 13.1. The maximum absolute atomic E-state index is 13.1. The second kappa shape index (κ2) is 5.99. The molecule has 0 aliphatic carbocycles. The highest BCUT2D eigenvalue weighted by atomic mass is 16.6. The van der Waals surface area contributed by atoms with E-state index in [0.717, 1.165) is 0 Å². The van der Waals surface area contributed by atoms with E-state index in [1.54, 1.807) is 47.6 Å². The number of fused-ring (bicyclic) bond motifs is 2. The zero-order valence-electron chi connectivity index (χ0n) is 15.2. The van der Waals surface area contributed by atoms with E-state index in [1.165, 1.54) is 0 Å². The topological polar surface area (TPSA) is 78.9 Å². The Morgan fingerprint density at radius 2 is 2.00 bits per heavy atom. The molecule has 6 heteroatoms. The molecule has 2 saturated heterocycles. The lowest BCUT2D eigenvalue weighted by Crippen LogP contribution is -2.59. The summed E-state index contributed by atoms with van der Waals surface area (Å²) in [5.41, 5.74) is -2.84. The number of ketones is 1. The summed E-state index contributed by atoms with van der Waals surface area (Å²) >= 11 is 0. The molecule has 0 N–H and O–H groups in total. The lowest BCUT2D eigenvalue weighted by Gasteiger charge is -2.39. The summed E-state index contributed by atoms with van der Waals surface area (Å²) in [4.78, 5) is 38.2. The van der Waals surface area contributed by atoms with E-state index in [2.05, 4.69) is 0 Å². The van der Waals surface area contributed by atoms with E-state index in [4.69, 9.17) is 14.2 Å². The zero-order chi connectivity index (χ0) is 18.3. The lowest BCUT2D eigenvalue weighted by atomic mass is 9.81. The van der Waals surface area contributed by atoms with Crippen molar-refractivity contribution in [2.24, 2.45) is 5.92 Å². The van der Waals surface area contributed by atoms with Crippen LogP contribution in [0.4, 0.5) is 0 Å². The zero-order valence-corrected chi connectivity index (χ0v) is 15.2. The van der Waals surface area contributed by atoms with Crippen LogP contribution in [0.15, 0.2) is 11.6 Å². The fourth-order valence-corrected chi connectivity index (χ4v) is 3.45. The van der Waals surface area contributed by atoms with Gasteiger partial charge in [-0.2, -0.15) is 0 Å². The van der Waals surface area contributed by atoms with Crippen molar-refractivity contribution in [1.29, 1.82) is 0 Å². The quantitative estimate of drug-likeness (QED) is 0.446. The molecule has 2 rings (SSSR count). The first kappa shape index (κ1) is 18.6. The van der Waals surface area contributed by atoms with Gasteiger partial charge >= 0.3 is 11.9 Å². The van der Waals surface area contributed by atoms with E-state index in [0.29, 0.717) is 12.0 Å². The van der Waals surface area contributed by atoms with Crippen LogP contribution < -0.4 is 0 Å². The maximum Gasteiger partial charge on any atom is 0.351 e. The molecule has 2 aliphatic heterocycles. The first-order valence-corrected chi connectivity index (χ1v) is 8.29. The van der Waals surface area contributed by atoms with Crippen molar-refractivity contribution in [1.82, 2.24) is 0 Å². The third kappa shape index (κ3) is 2.99. The minimum Gasteiger partial charge on any atom is -0.465 e. The summed E-state index contributed by atoms with van der Waals surface area (Å²) in [6.45, 7) is 10.6. The molecule has 0 unspecified atom stereocenters. The first-order valence-electron chi connectivity index (χ1n) is 8.29. The Balaban J connectivity index is 2.50. The molecule has 0 aromatic heterocycles. The SMILES string of the molecule is C/C=C1\C[C@]2(C)C[C@@H](C(=O)OCC)C(=O)[C@@]1(C(=O)OC(C)(C)C)O2. The molecule has 24 heavy (non-hydrogen) atoms. The molecule has 0 radical (unpaired) electrons. The van der Waals surface area contributed by atoms with Crippen LogP contribution in [0, 0.1) is 5.92 Å². The van der Waals surface area contributed by atoms with E-state index in [-0.39, 0.29) is 13.0 Å². The molecule has 134 valence electrons. The van der Waals surface area contributed by atoms with Crippen molar-refractivity contribution in [2.45, 2.75) is 71.2 Å². The molecule has 0 amide bonds. The third-order valence-electron chi connectivity index (χ3n) is 4.32. The van der Waals surface area contributed by atoms with Gasteiger partial charge in [0.15, 0.2) is 5.78 Å². The fourth-order valence-electron chi connectivity index (χ4n) is 3.45. The Kier molecular flexibility index (Phi) is 4.65. The predicted octanol–water partition coefficient (Wildman–Crippen LogP) is 2.34. The molecular formula is C18H26O6. The molecule has 0 saturated carbocycles. The Morgan fingerprint density at radius 3 is 2.50 bits per heavy atom. The monoisotopic (exact) mass is 338 g/mol. The second-order valence-corrected chi connectivity index (χ2v) is 7.60. The summed E-state index contributed by atoms with van der Waals surface area (Å²) < 4.78 is 16.4. The van der Waals surface area contributed by atoms with Gasteiger partial charge in [-0.1, -0.05) is 6.08 Å². The summed E-state index contributed by atoms with van der Waals surface area (Å²) in [5, 5.41) is 0. The van der Waals surface area contributed by atoms with Crippen LogP contribution in [0.1, 0.15) is 54.4 Å². The van der Waals surface area contributed by atoms with Gasteiger partial charge in [-0.25, -0.2) is 4.79 Å². The smallest absolute Gasteiger partial charge is 0.351 e. The highest BCUT2D eigenvalue weighted by Gasteiger charge is 2.68. The van der Waals surface area contributed by atoms with E-state index in [1.807, 2.05) is 0 Å². The molecule has 0 aromatic carbocycles. The van der Waals surface area contributed by atoms with Gasteiger partial charge in [0.05, 0.1) is 12.2 Å². The number of hydrogen-bond donors (Lipinski definition) is 0. The molecule has 6 nitrogen and oxygen atoms in total. The van der Waals surface area contributed by atoms with Gasteiger partial charge in [-0.3, -0.25) is 9.59 Å². The molecule has 0 aromatic rings. The normalized spacial score (nSPS) is 34.3. The Hall–Kier alpha value is -1.69.